The van der Waals surface area contributed by atoms with E-state index in [1.54, 1.807) is 6.92 Å². The van der Waals surface area contributed by atoms with E-state index in [-0.39, 0.29) is 41.7 Å². The molecule has 1 amide bonds. The van der Waals surface area contributed by atoms with Crippen molar-refractivity contribution in [1.82, 2.24) is 4.90 Å². The van der Waals surface area contributed by atoms with Crippen LogP contribution in [0.2, 0.25) is 0 Å². The van der Waals surface area contributed by atoms with Crippen molar-refractivity contribution in [3.05, 3.63) is 33.5 Å². The van der Waals surface area contributed by atoms with Gasteiger partial charge in [0.2, 0.25) is 0 Å². The van der Waals surface area contributed by atoms with Crippen LogP contribution in [0.4, 0.5) is 8.78 Å². The molecule has 1 unspecified atom stereocenters. The first-order valence-corrected chi connectivity index (χ1v) is 7.77. The van der Waals surface area contributed by atoms with Gasteiger partial charge in [-0.05, 0) is 41.4 Å². The predicted molar refractivity (Wildman–Crippen MR) is 77.8 cm³/mol. The molecule has 1 fully saturated rings. The van der Waals surface area contributed by atoms with E-state index in [0.29, 0.717) is 0 Å². The largest absolute Gasteiger partial charge is 0.465 e. The molecule has 1 aromatic rings. The number of carbonyl (C=O) groups is 2. The highest BCUT2D eigenvalue weighted by molar-refractivity contribution is 9.10. The molecular formula is C15H14BrF2NO3. The molecule has 0 saturated heterocycles. The van der Waals surface area contributed by atoms with Gasteiger partial charge in [-0.1, -0.05) is 0 Å². The van der Waals surface area contributed by atoms with Gasteiger partial charge in [-0.3, -0.25) is 9.59 Å². The monoisotopic (exact) mass is 373 g/mol. The van der Waals surface area contributed by atoms with Crippen LogP contribution in [0, 0.1) is 5.82 Å². The van der Waals surface area contributed by atoms with Gasteiger partial charge in [-0.15, -0.1) is 0 Å². The minimum Gasteiger partial charge on any atom is -0.465 e. The first kappa shape index (κ1) is 15.4. The Bertz CT molecular complexity index is 666. The second-order valence-electron chi connectivity index (χ2n) is 5.58. The summed E-state index contributed by atoms with van der Waals surface area (Å²) in [6, 6.07) is 2.89. The number of fused-ring (bicyclic) bond motifs is 2. The third kappa shape index (κ3) is 2.22. The normalized spacial score (nSPS) is 26.1. The van der Waals surface area contributed by atoms with Crippen LogP contribution in [-0.2, 0) is 14.9 Å². The fourth-order valence-corrected chi connectivity index (χ4v) is 3.38. The summed E-state index contributed by atoms with van der Waals surface area (Å²) in [4.78, 5) is 25.3. The van der Waals surface area contributed by atoms with Crippen molar-refractivity contribution in [2.24, 2.45) is 0 Å². The average Bonchev–Trinajstić information content (AvgIpc) is 3.09. The standard InChI is InChI=1S/C15H14BrF2NO3/c1-2-22-11(20)6-19-7-15(5-10(15)17)12-8(14(19)21)3-4-9(16)13(12)18/h3-4,10H,2,5-7H2,1H3/t10?,15-/m1/s1. The van der Waals surface area contributed by atoms with E-state index in [9.17, 15) is 18.4 Å². The van der Waals surface area contributed by atoms with Crippen LogP contribution in [-0.4, -0.2) is 42.6 Å². The zero-order valence-corrected chi connectivity index (χ0v) is 13.5. The molecule has 1 aliphatic carbocycles. The molecule has 1 spiro atoms. The van der Waals surface area contributed by atoms with Crippen molar-refractivity contribution in [1.29, 1.82) is 0 Å². The molecular weight excluding hydrogens is 360 g/mol. The molecule has 0 N–H and O–H groups in total. The molecule has 0 aromatic heterocycles. The van der Waals surface area contributed by atoms with Gasteiger partial charge in [0.25, 0.3) is 5.91 Å². The first-order valence-electron chi connectivity index (χ1n) is 6.98. The second-order valence-corrected chi connectivity index (χ2v) is 6.43. The Hall–Kier alpha value is -1.50. The third-order valence-corrected chi connectivity index (χ3v) is 4.80. The highest BCUT2D eigenvalue weighted by Gasteiger charge is 2.62. The Morgan fingerprint density at radius 1 is 1.55 bits per heavy atom. The molecule has 1 aromatic carbocycles. The molecule has 2 aliphatic rings. The zero-order chi connectivity index (χ0) is 16.1. The molecule has 4 nitrogen and oxygen atoms in total. The Morgan fingerprint density at radius 2 is 2.23 bits per heavy atom. The van der Waals surface area contributed by atoms with Crippen LogP contribution in [0.3, 0.4) is 0 Å². The van der Waals surface area contributed by atoms with Crippen LogP contribution >= 0.6 is 15.9 Å². The van der Waals surface area contributed by atoms with Crippen LogP contribution in [0.15, 0.2) is 16.6 Å². The third-order valence-electron chi connectivity index (χ3n) is 4.19. The van der Waals surface area contributed by atoms with E-state index in [0.717, 1.165) is 0 Å². The average molecular weight is 374 g/mol. The second kappa shape index (κ2) is 5.30. The number of hydrogen-bond donors (Lipinski definition) is 0. The number of amides is 1. The summed E-state index contributed by atoms with van der Waals surface area (Å²) in [7, 11) is 0. The summed E-state index contributed by atoms with van der Waals surface area (Å²) in [5, 5.41) is 0. The zero-order valence-electron chi connectivity index (χ0n) is 11.9. The number of hydrogen-bond acceptors (Lipinski definition) is 3. The molecule has 1 heterocycles. The van der Waals surface area contributed by atoms with E-state index in [1.807, 2.05) is 0 Å². The molecule has 0 bridgehead atoms. The van der Waals surface area contributed by atoms with Gasteiger partial charge < -0.3 is 9.64 Å². The lowest BCUT2D eigenvalue weighted by molar-refractivity contribution is -0.144. The molecule has 22 heavy (non-hydrogen) atoms. The Balaban J connectivity index is 2.00. The van der Waals surface area contributed by atoms with Crippen molar-refractivity contribution in [3.8, 4) is 0 Å². The lowest BCUT2D eigenvalue weighted by Crippen LogP contribution is -2.47. The highest BCUT2D eigenvalue weighted by Crippen LogP contribution is 2.55. The lowest BCUT2D eigenvalue weighted by atomic mass is 9.85. The molecule has 1 saturated carbocycles. The number of alkyl halides is 1. The van der Waals surface area contributed by atoms with Crippen LogP contribution in [0.1, 0.15) is 29.3 Å². The number of rotatable bonds is 3. The summed E-state index contributed by atoms with van der Waals surface area (Å²) in [6.07, 6.45) is -1.06. The van der Waals surface area contributed by atoms with E-state index in [4.69, 9.17) is 4.74 Å². The Morgan fingerprint density at radius 3 is 2.82 bits per heavy atom. The summed E-state index contributed by atoms with van der Waals surface area (Å²) in [5.74, 6) is -1.62. The van der Waals surface area contributed by atoms with Crippen molar-refractivity contribution < 1.29 is 23.1 Å². The van der Waals surface area contributed by atoms with Gasteiger partial charge in [0, 0.05) is 17.7 Å². The smallest absolute Gasteiger partial charge is 0.325 e. The van der Waals surface area contributed by atoms with Gasteiger partial charge in [-0.2, -0.15) is 0 Å². The molecule has 118 valence electrons. The first-order chi connectivity index (χ1) is 10.4. The van der Waals surface area contributed by atoms with E-state index in [2.05, 4.69) is 15.9 Å². The maximum atomic E-state index is 14.4. The van der Waals surface area contributed by atoms with E-state index < -0.39 is 29.3 Å². The minimum atomic E-state index is -1.21. The van der Waals surface area contributed by atoms with Gasteiger partial charge in [0.05, 0.1) is 16.5 Å². The van der Waals surface area contributed by atoms with Crippen LogP contribution in [0.25, 0.3) is 0 Å². The maximum Gasteiger partial charge on any atom is 0.325 e. The molecule has 1 aliphatic heterocycles. The number of carbonyl (C=O) groups excluding carboxylic acids is 2. The Labute approximate surface area is 134 Å². The SMILES string of the molecule is CCOC(=O)CN1C[C@@]2(CC2F)c2c(ccc(Br)c2F)C1=O. The van der Waals surface area contributed by atoms with Crippen LogP contribution < -0.4 is 0 Å². The number of nitrogens with zero attached hydrogens (tertiary/aromatic N) is 1. The number of halogens is 3. The van der Waals surface area contributed by atoms with Gasteiger partial charge in [0.1, 0.15) is 18.5 Å². The van der Waals surface area contributed by atoms with Crippen molar-refractivity contribution in [2.75, 3.05) is 19.7 Å². The topological polar surface area (TPSA) is 46.6 Å². The molecule has 3 rings (SSSR count). The summed E-state index contributed by atoms with van der Waals surface area (Å²) < 4.78 is 33.4. The number of esters is 1. The highest BCUT2D eigenvalue weighted by atomic mass is 79.9. The quantitative estimate of drug-likeness (QED) is 0.765. The maximum absolute atomic E-state index is 14.4. The van der Waals surface area contributed by atoms with Gasteiger partial charge >= 0.3 is 5.97 Å². The summed E-state index contributed by atoms with van der Waals surface area (Å²) in [6.45, 7) is 1.61. The molecule has 7 heteroatoms. The number of ether oxygens (including phenoxy) is 1. The van der Waals surface area contributed by atoms with E-state index in [1.165, 1.54) is 17.0 Å². The molecule has 2 atom stereocenters. The Kier molecular flexibility index (Phi) is 3.71. The minimum absolute atomic E-state index is 0.00775. The van der Waals surface area contributed by atoms with Crippen molar-refractivity contribution in [3.63, 3.8) is 0 Å². The lowest BCUT2D eigenvalue weighted by Gasteiger charge is -2.34. The molecule has 0 radical (unpaired) electrons. The number of benzene rings is 1. The fourth-order valence-electron chi connectivity index (χ4n) is 3.05. The van der Waals surface area contributed by atoms with Crippen molar-refractivity contribution in [2.45, 2.75) is 24.9 Å². The van der Waals surface area contributed by atoms with Crippen molar-refractivity contribution >= 4 is 27.8 Å². The van der Waals surface area contributed by atoms with E-state index >= 15 is 0 Å². The predicted octanol–water partition coefficient (Wildman–Crippen LogP) is 2.59. The summed E-state index contributed by atoms with van der Waals surface area (Å²) >= 11 is 3.07. The fraction of sp³-hybridized carbons (Fsp3) is 0.467. The van der Waals surface area contributed by atoms with Gasteiger partial charge in [0.15, 0.2) is 0 Å². The van der Waals surface area contributed by atoms with Crippen LogP contribution in [0.5, 0.6) is 0 Å². The van der Waals surface area contributed by atoms with Gasteiger partial charge in [-0.25, -0.2) is 8.78 Å². The summed E-state index contributed by atoms with van der Waals surface area (Å²) in [5.41, 5.74) is -0.792.